The first kappa shape index (κ1) is 18.6. The van der Waals surface area contributed by atoms with Gasteiger partial charge in [-0.25, -0.2) is 8.42 Å². The zero-order valence-electron chi connectivity index (χ0n) is 13.8. The Hall–Kier alpha value is -1.70. The summed E-state index contributed by atoms with van der Waals surface area (Å²) in [4.78, 5) is 13.0. The highest BCUT2D eigenvalue weighted by Gasteiger charge is 2.28. The van der Waals surface area contributed by atoms with Crippen LogP contribution in [0.3, 0.4) is 0 Å². The first-order valence-electron chi connectivity index (χ1n) is 7.81. The Bertz CT molecular complexity index is 786. The van der Waals surface area contributed by atoms with E-state index in [1.807, 2.05) is 13.8 Å². The summed E-state index contributed by atoms with van der Waals surface area (Å²) in [5, 5.41) is 2.95. The second-order valence-corrected chi connectivity index (χ2v) is 8.84. The van der Waals surface area contributed by atoms with Crippen molar-refractivity contribution in [1.29, 1.82) is 0 Å². The van der Waals surface area contributed by atoms with Crippen LogP contribution in [0.1, 0.15) is 36.4 Å². The molecule has 1 aromatic heterocycles. The Morgan fingerprint density at radius 1 is 1.12 bits per heavy atom. The standard InChI is InChI=1S/C17H22N2O3S2/c1-3-17(4-2,12-18)19-16(20)14-10-11-15(23-14)24(21,22)13-8-6-5-7-9-13/h5-11H,3-4,12,18H2,1-2H3,(H,19,20). The highest BCUT2D eigenvalue weighted by Crippen LogP contribution is 2.28. The van der Waals surface area contributed by atoms with Gasteiger partial charge < -0.3 is 11.1 Å². The number of carbonyl (C=O) groups is 1. The van der Waals surface area contributed by atoms with E-state index in [-0.39, 0.29) is 15.0 Å². The first-order chi connectivity index (χ1) is 11.4. The zero-order valence-corrected chi connectivity index (χ0v) is 15.4. The maximum atomic E-state index is 12.6. The Balaban J connectivity index is 2.26. The van der Waals surface area contributed by atoms with Crippen molar-refractivity contribution < 1.29 is 13.2 Å². The van der Waals surface area contributed by atoms with Gasteiger partial charge in [-0.15, -0.1) is 11.3 Å². The van der Waals surface area contributed by atoms with Gasteiger partial charge in [0.1, 0.15) is 4.21 Å². The quantitative estimate of drug-likeness (QED) is 0.788. The van der Waals surface area contributed by atoms with E-state index < -0.39 is 15.4 Å². The van der Waals surface area contributed by atoms with Gasteiger partial charge in [-0.05, 0) is 37.1 Å². The van der Waals surface area contributed by atoms with Gasteiger partial charge in [0.25, 0.3) is 5.91 Å². The molecule has 7 heteroatoms. The molecule has 0 unspecified atom stereocenters. The number of carbonyl (C=O) groups excluding carboxylic acids is 1. The fraction of sp³-hybridized carbons (Fsp3) is 0.353. The monoisotopic (exact) mass is 366 g/mol. The average molecular weight is 367 g/mol. The summed E-state index contributed by atoms with van der Waals surface area (Å²) in [5.41, 5.74) is 5.34. The number of sulfone groups is 1. The highest BCUT2D eigenvalue weighted by molar-refractivity contribution is 7.93. The normalized spacial score (nSPS) is 12.1. The van der Waals surface area contributed by atoms with Crippen molar-refractivity contribution in [3.05, 3.63) is 47.3 Å². The molecular formula is C17H22N2O3S2. The van der Waals surface area contributed by atoms with Gasteiger partial charge >= 0.3 is 0 Å². The minimum absolute atomic E-state index is 0.158. The molecule has 2 rings (SSSR count). The lowest BCUT2D eigenvalue weighted by molar-refractivity contribution is 0.0899. The lowest BCUT2D eigenvalue weighted by Crippen LogP contribution is -2.52. The van der Waals surface area contributed by atoms with Crippen LogP contribution in [0.4, 0.5) is 0 Å². The number of hydrogen-bond donors (Lipinski definition) is 2. The van der Waals surface area contributed by atoms with E-state index in [9.17, 15) is 13.2 Å². The molecule has 0 aliphatic heterocycles. The van der Waals surface area contributed by atoms with E-state index in [0.717, 1.165) is 11.3 Å². The lowest BCUT2D eigenvalue weighted by atomic mass is 9.93. The van der Waals surface area contributed by atoms with Gasteiger partial charge in [0.15, 0.2) is 0 Å². The van der Waals surface area contributed by atoms with Crippen molar-refractivity contribution >= 4 is 27.1 Å². The minimum atomic E-state index is -3.60. The molecule has 130 valence electrons. The van der Waals surface area contributed by atoms with Gasteiger partial charge in [0.05, 0.1) is 15.3 Å². The summed E-state index contributed by atoms with van der Waals surface area (Å²) in [6.07, 6.45) is 1.43. The predicted octanol–water partition coefficient (Wildman–Crippen LogP) is 2.83. The largest absolute Gasteiger partial charge is 0.345 e. The van der Waals surface area contributed by atoms with E-state index in [0.29, 0.717) is 24.3 Å². The maximum Gasteiger partial charge on any atom is 0.261 e. The van der Waals surface area contributed by atoms with E-state index in [4.69, 9.17) is 5.73 Å². The van der Waals surface area contributed by atoms with Crippen LogP contribution >= 0.6 is 11.3 Å². The molecule has 0 fully saturated rings. The molecule has 1 amide bonds. The molecule has 0 bridgehead atoms. The molecule has 0 radical (unpaired) electrons. The van der Waals surface area contributed by atoms with Gasteiger partial charge in [-0.1, -0.05) is 32.0 Å². The number of nitrogens with one attached hydrogen (secondary N) is 1. The summed E-state index contributed by atoms with van der Waals surface area (Å²) < 4.78 is 25.3. The number of nitrogens with two attached hydrogens (primary N) is 1. The third-order valence-corrected chi connectivity index (χ3v) is 7.59. The van der Waals surface area contributed by atoms with Crippen LogP contribution < -0.4 is 11.1 Å². The molecule has 0 atom stereocenters. The molecule has 2 aromatic rings. The van der Waals surface area contributed by atoms with Crippen molar-refractivity contribution in [3.8, 4) is 0 Å². The van der Waals surface area contributed by atoms with E-state index in [1.165, 1.54) is 6.07 Å². The number of benzene rings is 1. The Morgan fingerprint density at radius 2 is 1.75 bits per heavy atom. The summed E-state index contributed by atoms with van der Waals surface area (Å²) in [7, 11) is -3.60. The molecular weight excluding hydrogens is 344 g/mol. The molecule has 0 saturated carbocycles. The molecule has 0 aliphatic carbocycles. The lowest BCUT2D eigenvalue weighted by Gasteiger charge is -2.31. The number of amides is 1. The smallest absolute Gasteiger partial charge is 0.261 e. The Labute approximate surface area is 146 Å². The second kappa shape index (κ2) is 7.46. The van der Waals surface area contributed by atoms with E-state index in [1.54, 1.807) is 36.4 Å². The maximum absolute atomic E-state index is 12.6. The van der Waals surface area contributed by atoms with Gasteiger partial charge in [-0.2, -0.15) is 0 Å². The van der Waals surface area contributed by atoms with Crippen LogP contribution in [0, 0.1) is 0 Å². The zero-order chi connectivity index (χ0) is 17.8. The number of hydrogen-bond acceptors (Lipinski definition) is 5. The SMILES string of the molecule is CCC(CC)(CN)NC(=O)c1ccc(S(=O)(=O)c2ccccc2)s1. The van der Waals surface area contributed by atoms with Crippen LogP contribution in [0.15, 0.2) is 51.6 Å². The predicted molar refractivity (Wildman–Crippen MR) is 96.0 cm³/mol. The van der Waals surface area contributed by atoms with Crippen LogP contribution in [0.25, 0.3) is 0 Å². The Kier molecular flexibility index (Phi) is 5.79. The van der Waals surface area contributed by atoms with Crippen LogP contribution in [0.2, 0.25) is 0 Å². The fourth-order valence-electron chi connectivity index (χ4n) is 2.37. The molecule has 0 aliphatic rings. The first-order valence-corrected chi connectivity index (χ1v) is 10.1. The van der Waals surface area contributed by atoms with Crippen molar-refractivity contribution in [2.45, 2.75) is 41.3 Å². The molecule has 24 heavy (non-hydrogen) atoms. The summed E-state index contributed by atoms with van der Waals surface area (Å²) in [6.45, 7) is 4.28. The highest BCUT2D eigenvalue weighted by atomic mass is 32.2. The average Bonchev–Trinajstić information content (AvgIpc) is 3.11. The molecule has 0 spiro atoms. The number of thiophene rings is 1. The van der Waals surface area contributed by atoms with Crippen LogP contribution in [0.5, 0.6) is 0 Å². The molecule has 1 aromatic carbocycles. The van der Waals surface area contributed by atoms with Crippen molar-refractivity contribution in [3.63, 3.8) is 0 Å². The van der Waals surface area contributed by atoms with E-state index in [2.05, 4.69) is 5.32 Å². The summed E-state index contributed by atoms with van der Waals surface area (Å²) in [6, 6.07) is 11.2. The molecule has 3 N–H and O–H groups in total. The van der Waals surface area contributed by atoms with Crippen molar-refractivity contribution in [2.75, 3.05) is 6.54 Å². The van der Waals surface area contributed by atoms with Gasteiger partial charge in [0.2, 0.25) is 9.84 Å². The fourth-order valence-corrected chi connectivity index (χ4v) is 5.00. The second-order valence-electron chi connectivity index (χ2n) is 5.58. The van der Waals surface area contributed by atoms with E-state index >= 15 is 0 Å². The number of rotatable bonds is 7. The molecule has 1 heterocycles. The van der Waals surface area contributed by atoms with Crippen molar-refractivity contribution in [2.24, 2.45) is 5.73 Å². The third kappa shape index (κ3) is 3.68. The van der Waals surface area contributed by atoms with Gasteiger partial charge in [0, 0.05) is 6.54 Å². The molecule has 5 nitrogen and oxygen atoms in total. The summed E-state index contributed by atoms with van der Waals surface area (Å²) >= 11 is 0.974. The minimum Gasteiger partial charge on any atom is -0.345 e. The van der Waals surface area contributed by atoms with Gasteiger partial charge in [-0.3, -0.25) is 4.79 Å². The van der Waals surface area contributed by atoms with Crippen LogP contribution in [-0.2, 0) is 9.84 Å². The van der Waals surface area contributed by atoms with Crippen molar-refractivity contribution in [1.82, 2.24) is 5.32 Å². The topological polar surface area (TPSA) is 89.3 Å². The Morgan fingerprint density at radius 3 is 2.29 bits per heavy atom. The van der Waals surface area contributed by atoms with Crippen LogP contribution in [-0.4, -0.2) is 26.4 Å². The molecule has 0 saturated heterocycles. The third-order valence-electron chi connectivity index (χ3n) is 4.25. The summed E-state index contributed by atoms with van der Waals surface area (Å²) in [5.74, 6) is -0.288.